The minimum absolute atomic E-state index is 0.0527. The normalized spacial score (nSPS) is 21.9. The number of hydrogen-bond acceptors (Lipinski definition) is 8. The lowest BCUT2D eigenvalue weighted by molar-refractivity contribution is -0.135. The summed E-state index contributed by atoms with van der Waals surface area (Å²) in [4.78, 5) is 95.1. The van der Waals surface area contributed by atoms with Crippen LogP contribution in [0.25, 0.3) is 10.9 Å². The number of fused-ring (bicyclic) bond motifs is 1. The molecule has 1 fully saturated rings. The van der Waals surface area contributed by atoms with E-state index in [1.165, 1.54) is 24.3 Å². The Morgan fingerprint density at radius 2 is 1.47 bits per heavy atom. The number of carbonyl (C=O) groups is 6. The van der Waals surface area contributed by atoms with E-state index in [0.29, 0.717) is 11.3 Å². The monoisotopic (exact) mass is 783 g/mol. The fraction of sp³-hybridized carbons (Fsp3) is 0.439. The molecule has 1 aliphatic heterocycles. The largest absolute Gasteiger partial charge is 0.497 e. The van der Waals surface area contributed by atoms with Gasteiger partial charge in [0, 0.05) is 42.5 Å². The summed E-state index contributed by atoms with van der Waals surface area (Å²) in [5.41, 5.74) is 2.42. The Labute approximate surface area is 331 Å². The van der Waals surface area contributed by atoms with Crippen LogP contribution in [0.2, 0.25) is 0 Å². The number of imidazole rings is 1. The molecule has 0 radical (unpaired) electrons. The molecule has 2 aromatic carbocycles. The standard InChI is InChI=1S/C41H53N9O7/c1-23(2)15-31-39(54)48-32(16-26-11-13-28(57-6)14-12-26)38(53)45-25(5)37(52)49-35(24(3)4)20-50(41(56)34-19-42-22-44-34)21-36(51)46-33(40(55)47-31)17-27-18-43-30-10-8-7-9-29(27)30/h7-14,18-19,22-25,31-33,35,43H,15-17,20-21H2,1-6H3,(H,42,44)(H,45,53)(H,46,51)(H,47,55)(H,48,54)(H,49,52)/t25-,31+,32+,33-,35-/m1/s1. The van der Waals surface area contributed by atoms with Crippen molar-refractivity contribution in [1.29, 1.82) is 0 Å². The maximum Gasteiger partial charge on any atom is 0.272 e. The lowest BCUT2D eigenvalue weighted by atomic mass is 9.99. The first kappa shape index (κ1) is 42.0. The molecule has 16 heteroatoms. The summed E-state index contributed by atoms with van der Waals surface area (Å²) in [6, 6.07) is 9.43. The number of nitrogens with one attached hydrogen (secondary N) is 7. The molecule has 1 aliphatic rings. The van der Waals surface area contributed by atoms with Crippen LogP contribution in [0.5, 0.6) is 5.75 Å². The summed E-state index contributed by atoms with van der Waals surface area (Å²) in [6.45, 7) is 8.47. The van der Waals surface area contributed by atoms with Gasteiger partial charge in [-0.05, 0) is 54.5 Å². The highest BCUT2D eigenvalue weighted by atomic mass is 16.5. The molecule has 1 saturated heterocycles. The third-order valence-corrected chi connectivity index (χ3v) is 9.97. The van der Waals surface area contributed by atoms with Crippen molar-refractivity contribution in [2.75, 3.05) is 20.2 Å². The second-order valence-corrected chi connectivity index (χ2v) is 15.2. The molecule has 6 amide bonds. The van der Waals surface area contributed by atoms with E-state index in [1.54, 1.807) is 37.6 Å². The Bertz CT molecular complexity index is 2030. The zero-order valence-corrected chi connectivity index (χ0v) is 33.2. The van der Waals surface area contributed by atoms with Crippen molar-refractivity contribution in [3.05, 3.63) is 84.1 Å². The fourth-order valence-corrected chi connectivity index (χ4v) is 6.71. The van der Waals surface area contributed by atoms with E-state index in [0.717, 1.165) is 16.5 Å². The number of amides is 6. The van der Waals surface area contributed by atoms with Gasteiger partial charge < -0.3 is 46.2 Å². The van der Waals surface area contributed by atoms with Gasteiger partial charge in [-0.3, -0.25) is 28.8 Å². The topological polar surface area (TPSA) is 220 Å². The molecule has 2 aromatic heterocycles. The molecular weight excluding hydrogens is 731 g/mol. The van der Waals surface area contributed by atoms with Crippen molar-refractivity contribution in [1.82, 2.24) is 46.4 Å². The number of nitrogens with zero attached hydrogens (tertiary/aromatic N) is 2. The number of hydrogen-bond donors (Lipinski definition) is 7. The summed E-state index contributed by atoms with van der Waals surface area (Å²) in [5.74, 6) is -3.23. The molecule has 0 unspecified atom stereocenters. The summed E-state index contributed by atoms with van der Waals surface area (Å²) in [7, 11) is 1.54. The maximum absolute atomic E-state index is 14.3. The van der Waals surface area contributed by atoms with Gasteiger partial charge in [-0.2, -0.15) is 0 Å². The molecule has 5 atom stereocenters. The van der Waals surface area contributed by atoms with E-state index >= 15 is 0 Å². The summed E-state index contributed by atoms with van der Waals surface area (Å²) in [5, 5.41) is 15.1. The van der Waals surface area contributed by atoms with Gasteiger partial charge in [0.1, 0.15) is 35.6 Å². The van der Waals surface area contributed by atoms with Crippen LogP contribution in [0, 0.1) is 11.8 Å². The van der Waals surface area contributed by atoms with Gasteiger partial charge in [0.25, 0.3) is 5.91 Å². The minimum atomic E-state index is -1.18. The summed E-state index contributed by atoms with van der Waals surface area (Å²) >= 11 is 0. The first-order valence-electron chi connectivity index (χ1n) is 19.2. The molecule has 57 heavy (non-hydrogen) atoms. The predicted molar refractivity (Wildman–Crippen MR) is 213 cm³/mol. The van der Waals surface area contributed by atoms with E-state index in [2.05, 4.69) is 41.5 Å². The van der Waals surface area contributed by atoms with Crippen LogP contribution in [-0.2, 0) is 36.8 Å². The predicted octanol–water partition coefficient (Wildman–Crippen LogP) is 1.99. The van der Waals surface area contributed by atoms with E-state index in [9.17, 15) is 28.8 Å². The number of benzene rings is 2. The first-order valence-corrected chi connectivity index (χ1v) is 19.2. The number of rotatable bonds is 9. The Hall–Kier alpha value is -6.19. The Kier molecular flexibility index (Phi) is 14.1. The molecule has 3 heterocycles. The second kappa shape index (κ2) is 19.1. The summed E-state index contributed by atoms with van der Waals surface area (Å²) in [6.07, 6.45) is 4.77. The van der Waals surface area contributed by atoms with Crippen molar-refractivity contribution >= 4 is 46.3 Å². The lowest BCUT2D eigenvalue weighted by Gasteiger charge is -2.32. The minimum Gasteiger partial charge on any atom is -0.497 e. The van der Waals surface area contributed by atoms with Crippen LogP contribution in [0.3, 0.4) is 0 Å². The van der Waals surface area contributed by atoms with Crippen LogP contribution in [-0.4, -0.2) is 106 Å². The van der Waals surface area contributed by atoms with Crippen molar-refractivity contribution in [3.63, 3.8) is 0 Å². The van der Waals surface area contributed by atoms with E-state index in [-0.39, 0.29) is 43.3 Å². The number of ether oxygens (including phenoxy) is 1. The van der Waals surface area contributed by atoms with Gasteiger partial charge >= 0.3 is 0 Å². The van der Waals surface area contributed by atoms with Gasteiger partial charge in [0.15, 0.2) is 0 Å². The van der Waals surface area contributed by atoms with Crippen LogP contribution >= 0.6 is 0 Å². The molecule has 0 aliphatic carbocycles. The fourth-order valence-electron chi connectivity index (χ4n) is 6.71. The van der Waals surface area contributed by atoms with E-state index < -0.39 is 72.2 Å². The highest BCUT2D eigenvalue weighted by Gasteiger charge is 2.34. The van der Waals surface area contributed by atoms with Crippen molar-refractivity contribution < 1.29 is 33.5 Å². The number of methoxy groups -OCH3 is 1. The van der Waals surface area contributed by atoms with Gasteiger partial charge in [-0.15, -0.1) is 0 Å². The number of aromatic nitrogens is 3. The molecular formula is C41H53N9O7. The third-order valence-electron chi connectivity index (χ3n) is 9.97. The smallest absolute Gasteiger partial charge is 0.272 e. The average Bonchev–Trinajstić information content (AvgIpc) is 3.87. The third kappa shape index (κ3) is 11.2. The molecule has 304 valence electrons. The SMILES string of the molecule is COc1ccc(C[C@@H]2NC(=O)[C@H](CC(C)C)NC(=O)[C@@H](Cc3c[nH]c4ccccc34)NC(=O)CN(C(=O)c3cnc[nH]3)C[C@H](C(C)C)NC(=O)[C@@H](C)NC2=O)cc1. The average molecular weight is 784 g/mol. The number of aromatic amines is 2. The zero-order valence-electron chi connectivity index (χ0n) is 33.2. The van der Waals surface area contributed by atoms with Crippen LogP contribution in [0.4, 0.5) is 0 Å². The molecule has 0 bridgehead atoms. The molecule has 7 N–H and O–H groups in total. The van der Waals surface area contributed by atoms with Crippen molar-refractivity contribution in [2.24, 2.45) is 11.8 Å². The van der Waals surface area contributed by atoms with Gasteiger partial charge in [0.2, 0.25) is 29.5 Å². The molecule has 5 rings (SSSR count). The highest BCUT2D eigenvalue weighted by molar-refractivity contribution is 5.98. The molecule has 0 saturated carbocycles. The highest BCUT2D eigenvalue weighted by Crippen LogP contribution is 2.20. The van der Waals surface area contributed by atoms with E-state index in [1.807, 2.05) is 52.0 Å². The zero-order chi connectivity index (χ0) is 41.2. The number of para-hydroxylation sites is 1. The van der Waals surface area contributed by atoms with Crippen LogP contribution in [0.15, 0.2) is 67.3 Å². The lowest BCUT2D eigenvalue weighted by Crippen LogP contribution is -2.60. The van der Waals surface area contributed by atoms with Crippen molar-refractivity contribution in [3.8, 4) is 5.75 Å². The quantitative estimate of drug-likeness (QED) is 0.133. The summed E-state index contributed by atoms with van der Waals surface area (Å²) < 4.78 is 5.28. The first-order chi connectivity index (χ1) is 27.2. The molecule has 16 nitrogen and oxygen atoms in total. The molecule has 4 aromatic rings. The van der Waals surface area contributed by atoms with Gasteiger partial charge in [-0.1, -0.05) is 58.0 Å². The van der Waals surface area contributed by atoms with Crippen LogP contribution < -0.4 is 31.3 Å². The second-order valence-electron chi connectivity index (χ2n) is 15.2. The Balaban J connectivity index is 1.54. The maximum atomic E-state index is 14.3. The Morgan fingerprint density at radius 3 is 2.14 bits per heavy atom. The Morgan fingerprint density at radius 1 is 0.807 bits per heavy atom. The van der Waals surface area contributed by atoms with Crippen LogP contribution in [0.1, 0.15) is 62.7 Å². The van der Waals surface area contributed by atoms with E-state index in [4.69, 9.17) is 4.74 Å². The van der Waals surface area contributed by atoms with Crippen molar-refractivity contribution in [2.45, 2.75) is 84.1 Å². The number of H-pyrrole nitrogens is 2. The molecule has 0 spiro atoms. The van der Waals surface area contributed by atoms with Gasteiger partial charge in [0.05, 0.1) is 26.2 Å². The number of carbonyl (C=O) groups excluding carboxylic acids is 6. The van der Waals surface area contributed by atoms with Gasteiger partial charge in [-0.25, -0.2) is 4.98 Å².